The summed E-state index contributed by atoms with van der Waals surface area (Å²) in [6.45, 7) is 0. The first kappa shape index (κ1) is 13.8. The molecule has 0 aliphatic carbocycles. The van der Waals surface area contributed by atoms with Gasteiger partial charge in [-0.05, 0) is 6.07 Å². The van der Waals surface area contributed by atoms with Crippen molar-refractivity contribution >= 4 is 5.97 Å². The van der Waals surface area contributed by atoms with E-state index in [4.69, 9.17) is 14.2 Å². The number of esters is 1. The molecule has 0 fully saturated rings. The molecule has 0 bridgehead atoms. The first-order valence-corrected chi connectivity index (χ1v) is 5.84. The molecule has 0 radical (unpaired) electrons. The Morgan fingerprint density at radius 1 is 1.05 bits per heavy atom. The Morgan fingerprint density at radius 3 is 2.45 bits per heavy atom. The maximum Gasteiger partial charge on any atom is 0.338 e. The molecule has 0 saturated carbocycles. The van der Waals surface area contributed by atoms with Crippen LogP contribution in [0.2, 0.25) is 0 Å². The average molecular weight is 274 g/mol. The van der Waals surface area contributed by atoms with Gasteiger partial charge in [-0.1, -0.05) is 18.2 Å². The van der Waals surface area contributed by atoms with Gasteiger partial charge in [-0.2, -0.15) is 4.98 Å². The molecule has 0 amide bonds. The number of nitrogens with zero attached hydrogens (tertiary/aromatic N) is 2. The van der Waals surface area contributed by atoms with E-state index in [0.717, 1.165) is 0 Å². The van der Waals surface area contributed by atoms with Crippen LogP contribution in [0, 0.1) is 0 Å². The fraction of sp³-hybridized carbons (Fsp3) is 0.214. The molecule has 0 atom stereocenters. The monoisotopic (exact) mass is 274 g/mol. The number of hydrogen-bond acceptors (Lipinski definition) is 6. The van der Waals surface area contributed by atoms with Crippen molar-refractivity contribution in [2.75, 3.05) is 21.3 Å². The zero-order valence-corrected chi connectivity index (χ0v) is 11.4. The Kier molecular flexibility index (Phi) is 4.14. The Bertz CT molecular complexity index is 628. The number of methoxy groups -OCH3 is 3. The highest BCUT2D eigenvalue weighted by atomic mass is 16.5. The van der Waals surface area contributed by atoms with E-state index in [-0.39, 0.29) is 6.01 Å². The van der Waals surface area contributed by atoms with Crippen molar-refractivity contribution in [1.29, 1.82) is 0 Å². The molecule has 0 spiro atoms. The molecular weight excluding hydrogens is 260 g/mol. The van der Waals surface area contributed by atoms with E-state index in [1.807, 2.05) is 6.07 Å². The number of carbonyl (C=O) groups is 1. The second-order valence-corrected chi connectivity index (χ2v) is 3.82. The molecule has 6 nitrogen and oxygen atoms in total. The predicted octanol–water partition coefficient (Wildman–Crippen LogP) is 1.95. The number of carbonyl (C=O) groups excluding carboxylic acids is 1. The highest BCUT2D eigenvalue weighted by Crippen LogP contribution is 2.31. The van der Waals surface area contributed by atoms with E-state index >= 15 is 0 Å². The van der Waals surface area contributed by atoms with Crippen LogP contribution in [0.4, 0.5) is 0 Å². The summed E-state index contributed by atoms with van der Waals surface area (Å²) in [6, 6.07) is 7.21. The van der Waals surface area contributed by atoms with E-state index in [0.29, 0.717) is 22.6 Å². The second kappa shape index (κ2) is 6.01. The summed E-state index contributed by atoms with van der Waals surface area (Å²) in [7, 11) is 4.30. The minimum Gasteiger partial charge on any atom is -0.480 e. The molecule has 1 heterocycles. The summed E-state index contributed by atoms with van der Waals surface area (Å²) in [6.07, 6.45) is 1.55. The lowest BCUT2D eigenvalue weighted by molar-refractivity contribution is 0.0601. The van der Waals surface area contributed by atoms with Crippen molar-refractivity contribution in [3.05, 3.63) is 36.0 Å². The van der Waals surface area contributed by atoms with Crippen LogP contribution in [0.5, 0.6) is 11.9 Å². The maximum atomic E-state index is 11.8. The molecule has 0 aliphatic rings. The quantitative estimate of drug-likeness (QED) is 0.794. The predicted molar refractivity (Wildman–Crippen MR) is 71.9 cm³/mol. The highest BCUT2D eigenvalue weighted by Gasteiger charge is 2.17. The average Bonchev–Trinajstić information content (AvgIpc) is 2.53. The third-order valence-corrected chi connectivity index (χ3v) is 2.73. The van der Waals surface area contributed by atoms with Gasteiger partial charge in [0.15, 0.2) is 0 Å². The lowest BCUT2D eigenvalue weighted by Crippen LogP contribution is -2.05. The zero-order valence-electron chi connectivity index (χ0n) is 11.4. The van der Waals surface area contributed by atoms with Crippen LogP contribution in [-0.2, 0) is 4.74 Å². The summed E-state index contributed by atoms with van der Waals surface area (Å²) in [5.41, 5.74) is 1.65. The summed E-state index contributed by atoms with van der Waals surface area (Å²) in [5, 5.41) is 0. The van der Waals surface area contributed by atoms with Gasteiger partial charge in [0.1, 0.15) is 0 Å². The highest BCUT2D eigenvalue weighted by molar-refractivity contribution is 5.97. The molecule has 0 N–H and O–H groups in total. The van der Waals surface area contributed by atoms with E-state index < -0.39 is 5.97 Å². The standard InChI is InChI=1S/C14H14N2O4/c1-18-12-11(8-15-14(16-12)20-3)9-6-4-5-7-10(9)13(17)19-2/h4-8H,1-3H3. The molecular formula is C14H14N2O4. The van der Waals surface area contributed by atoms with Gasteiger partial charge in [-0.3, -0.25) is 0 Å². The number of benzene rings is 1. The van der Waals surface area contributed by atoms with Gasteiger partial charge in [-0.25, -0.2) is 9.78 Å². The summed E-state index contributed by atoms with van der Waals surface area (Å²) in [4.78, 5) is 19.9. The van der Waals surface area contributed by atoms with Crippen LogP contribution in [0.25, 0.3) is 11.1 Å². The lowest BCUT2D eigenvalue weighted by Gasteiger charge is -2.11. The first-order chi connectivity index (χ1) is 9.71. The summed E-state index contributed by atoms with van der Waals surface area (Å²) < 4.78 is 15.0. The Morgan fingerprint density at radius 2 is 1.80 bits per heavy atom. The summed E-state index contributed by atoms with van der Waals surface area (Å²) >= 11 is 0. The lowest BCUT2D eigenvalue weighted by atomic mass is 10.0. The fourth-order valence-corrected chi connectivity index (χ4v) is 1.80. The van der Waals surface area contributed by atoms with Crippen LogP contribution in [0.3, 0.4) is 0 Å². The van der Waals surface area contributed by atoms with Gasteiger partial charge < -0.3 is 14.2 Å². The van der Waals surface area contributed by atoms with Crippen LogP contribution >= 0.6 is 0 Å². The molecule has 6 heteroatoms. The Hall–Kier alpha value is -2.63. The van der Waals surface area contributed by atoms with Crippen LogP contribution < -0.4 is 9.47 Å². The topological polar surface area (TPSA) is 70.5 Å². The van der Waals surface area contributed by atoms with Crippen molar-refractivity contribution in [2.24, 2.45) is 0 Å². The largest absolute Gasteiger partial charge is 0.480 e. The molecule has 0 saturated heterocycles. The van der Waals surface area contributed by atoms with Gasteiger partial charge in [0, 0.05) is 11.8 Å². The van der Waals surface area contributed by atoms with E-state index in [2.05, 4.69) is 9.97 Å². The number of ether oxygens (including phenoxy) is 3. The fourth-order valence-electron chi connectivity index (χ4n) is 1.80. The van der Waals surface area contributed by atoms with E-state index in [1.54, 1.807) is 24.4 Å². The van der Waals surface area contributed by atoms with Crippen molar-refractivity contribution in [3.8, 4) is 23.0 Å². The molecule has 1 aromatic heterocycles. The number of aromatic nitrogens is 2. The molecule has 2 rings (SSSR count). The van der Waals surface area contributed by atoms with Crippen molar-refractivity contribution in [3.63, 3.8) is 0 Å². The molecule has 104 valence electrons. The van der Waals surface area contributed by atoms with Crippen LogP contribution in [0.15, 0.2) is 30.5 Å². The number of rotatable bonds is 4. The van der Waals surface area contributed by atoms with Crippen molar-refractivity contribution in [1.82, 2.24) is 9.97 Å². The van der Waals surface area contributed by atoms with Gasteiger partial charge in [0.2, 0.25) is 5.88 Å². The second-order valence-electron chi connectivity index (χ2n) is 3.82. The SMILES string of the molecule is COC(=O)c1ccccc1-c1cnc(OC)nc1OC. The molecule has 0 aliphatic heterocycles. The molecule has 0 unspecified atom stereocenters. The van der Waals surface area contributed by atoms with Crippen LogP contribution in [-0.4, -0.2) is 37.3 Å². The minimum absolute atomic E-state index is 0.196. The third kappa shape index (κ3) is 2.54. The maximum absolute atomic E-state index is 11.8. The normalized spacial score (nSPS) is 9.95. The van der Waals surface area contributed by atoms with Gasteiger partial charge in [-0.15, -0.1) is 0 Å². The van der Waals surface area contributed by atoms with Gasteiger partial charge >= 0.3 is 12.0 Å². The zero-order chi connectivity index (χ0) is 14.5. The van der Waals surface area contributed by atoms with Crippen molar-refractivity contribution < 1.29 is 19.0 Å². The van der Waals surface area contributed by atoms with E-state index in [9.17, 15) is 4.79 Å². The Labute approximate surface area is 116 Å². The third-order valence-electron chi connectivity index (χ3n) is 2.73. The van der Waals surface area contributed by atoms with Crippen LogP contribution in [0.1, 0.15) is 10.4 Å². The first-order valence-electron chi connectivity index (χ1n) is 5.84. The van der Waals surface area contributed by atoms with E-state index in [1.165, 1.54) is 21.3 Å². The smallest absolute Gasteiger partial charge is 0.338 e. The van der Waals surface area contributed by atoms with Gasteiger partial charge in [0.25, 0.3) is 0 Å². The molecule has 2 aromatic rings. The molecule has 1 aromatic carbocycles. The number of hydrogen-bond donors (Lipinski definition) is 0. The van der Waals surface area contributed by atoms with Crippen molar-refractivity contribution in [2.45, 2.75) is 0 Å². The summed E-state index contributed by atoms with van der Waals surface area (Å²) in [5.74, 6) is -0.105. The minimum atomic E-state index is -0.432. The Balaban J connectivity index is 2.59. The van der Waals surface area contributed by atoms with Gasteiger partial charge in [0.05, 0.1) is 32.5 Å². The molecule has 20 heavy (non-hydrogen) atoms.